The largest absolute Gasteiger partial charge is 0.296 e. The van der Waals surface area contributed by atoms with Gasteiger partial charge in [0.2, 0.25) is 0 Å². The Morgan fingerprint density at radius 1 is 1.38 bits per heavy atom. The first-order chi connectivity index (χ1) is 9.97. The summed E-state index contributed by atoms with van der Waals surface area (Å²) < 4.78 is 0.549. The van der Waals surface area contributed by atoms with Gasteiger partial charge in [0, 0.05) is 25.2 Å². The van der Waals surface area contributed by atoms with Gasteiger partial charge in [0.25, 0.3) is 5.69 Å². The highest BCUT2D eigenvalue weighted by atomic mass is 79.9. The van der Waals surface area contributed by atoms with Gasteiger partial charge in [0.05, 0.1) is 9.40 Å². The second-order valence-corrected chi connectivity index (χ2v) is 7.16. The molecule has 0 amide bonds. The molecule has 116 valence electrons. The van der Waals surface area contributed by atoms with Crippen molar-refractivity contribution in [3.05, 3.63) is 38.3 Å². The maximum Gasteiger partial charge on any atom is 0.283 e. The summed E-state index contributed by atoms with van der Waals surface area (Å²) in [6.45, 7) is 6.31. The lowest BCUT2D eigenvalue weighted by Crippen LogP contribution is -2.35. The Kier molecular flexibility index (Phi) is 5.76. The summed E-state index contributed by atoms with van der Waals surface area (Å²) in [6.07, 6.45) is 5.12. The number of halogens is 1. The predicted octanol–water partition coefficient (Wildman–Crippen LogP) is 4.76. The molecule has 0 saturated heterocycles. The van der Waals surface area contributed by atoms with Gasteiger partial charge in [-0.05, 0) is 46.3 Å². The molecule has 2 rings (SSSR count). The Balaban J connectivity index is 2.15. The molecule has 1 aliphatic rings. The van der Waals surface area contributed by atoms with Crippen molar-refractivity contribution in [3.8, 4) is 0 Å². The van der Waals surface area contributed by atoms with E-state index < -0.39 is 0 Å². The Morgan fingerprint density at radius 3 is 2.62 bits per heavy atom. The average molecular weight is 355 g/mol. The molecule has 0 N–H and O–H groups in total. The molecule has 0 aliphatic heterocycles. The first-order valence-electron chi connectivity index (χ1n) is 7.64. The second kappa shape index (κ2) is 7.36. The van der Waals surface area contributed by atoms with E-state index in [1.54, 1.807) is 12.1 Å². The lowest BCUT2D eigenvalue weighted by atomic mass is 10.1. The summed E-state index contributed by atoms with van der Waals surface area (Å²) >= 11 is 3.25. The van der Waals surface area contributed by atoms with Crippen molar-refractivity contribution in [1.29, 1.82) is 0 Å². The number of nitro groups is 1. The van der Waals surface area contributed by atoms with E-state index in [4.69, 9.17) is 0 Å². The van der Waals surface area contributed by atoms with Crippen molar-refractivity contribution >= 4 is 21.6 Å². The van der Waals surface area contributed by atoms with Crippen LogP contribution < -0.4 is 0 Å². The van der Waals surface area contributed by atoms with E-state index >= 15 is 0 Å². The van der Waals surface area contributed by atoms with Crippen LogP contribution in [0.25, 0.3) is 0 Å². The van der Waals surface area contributed by atoms with E-state index in [1.807, 2.05) is 6.07 Å². The molecule has 0 unspecified atom stereocenters. The van der Waals surface area contributed by atoms with Crippen molar-refractivity contribution in [1.82, 2.24) is 4.90 Å². The van der Waals surface area contributed by atoms with E-state index in [9.17, 15) is 10.1 Å². The first-order valence-corrected chi connectivity index (χ1v) is 8.43. The zero-order chi connectivity index (χ0) is 15.4. The fourth-order valence-corrected chi connectivity index (χ4v) is 3.50. The molecule has 1 fully saturated rings. The number of nitrogens with zero attached hydrogens (tertiary/aromatic N) is 2. The highest BCUT2D eigenvalue weighted by Gasteiger charge is 2.24. The van der Waals surface area contributed by atoms with Crippen LogP contribution in [0.15, 0.2) is 22.7 Å². The SMILES string of the molecule is CC(C)CN(Cc1ccc(Br)c([N+](=O)[O-])c1)C1CCCC1. The Morgan fingerprint density at radius 2 is 2.05 bits per heavy atom. The van der Waals surface area contributed by atoms with Gasteiger partial charge in [-0.1, -0.05) is 32.8 Å². The van der Waals surface area contributed by atoms with Crippen molar-refractivity contribution in [3.63, 3.8) is 0 Å². The number of rotatable bonds is 6. The lowest BCUT2D eigenvalue weighted by molar-refractivity contribution is -0.385. The summed E-state index contributed by atoms with van der Waals surface area (Å²) in [5.41, 5.74) is 1.18. The number of hydrogen-bond donors (Lipinski definition) is 0. The second-order valence-electron chi connectivity index (χ2n) is 6.30. The minimum atomic E-state index is -0.323. The summed E-state index contributed by atoms with van der Waals surface area (Å²) in [5, 5.41) is 11.1. The van der Waals surface area contributed by atoms with Gasteiger partial charge >= 0.3 is 0 Å². The molecule has 4 nitrogen and oxygen atoms in total. The van der Waals surface area contributed by atoms with Gasteiger partial charge < -0.3 is 0 Å². The Labute approximate surface area is 134 Å². The molecule has 0 heterocycles. The van der Waals surface area contributed by atoms with Crippen molar-refractivity contribution in [2.75, 3.05) is 6.54 Å². The molecule has 1 aliphatic carbocycles. The fourth-order valence-electron chi connectivity index (χ4n) is 3.11. The minimum absolute atomic E-state index is 0.156. The van der Waals surface area contributed by atoms with Crippen molar-refractivity contribution < 1.29 is 4.92 Å². The van der Waals surface area contributed by atoms with Crippen LogP contribution in [0.4, 0.5) is 5.69 Å². The average Bonchev–Trinajstić information content (AvgIpc) is 2.93. The van der Waals surface area contributed by atoms with Gasteiger partial charge in [0.15, 0.2) is 0 Å². The third kappa shape index (κ3) is 4.51. The summed E-state index contributed by atoms with van der Waals surface area (Å²) in [6, 6.07) is 6.11. The third-order valence-corrected chi connectivity index (χ3v) is 4.70. The molecule has 0 spiro atoms. The van der Waals surface area contributed by atoms with Gasteiger partial charge in [0.1, 0.15) is 0 Å². The normalized spacial score (nSPS) is 16.0. The van der Waals surface area contributed by atoms with E-state index in [1.165, 1.54) is 25.7 Å². The van der Waals surface area contributed by atoms with Crippen LogP contribution in [0.5, 0.6) is 0 Å². The summed E-state index contributed by atoms with van der Waals surface area (Å²) in [5.74, 6) is 0.607. The molecular weight excluding hydrogens is 332 g/mol. The van der Waals surface area contributed by atoms with Gasteiger partial charge in [-0.25, -0.2) is 0 Å². The van der Waals surface area contributed by atoms with Crippen LogP contribution in [0, 0.1) is 16.0 Å². The third-order valence-electron chi connectivity index (χ3n) is 4.03. The molecule has 0 aromatic heterocycles. The summed E-state index contributed by atoms with van der Waals surface area (Å²) in [7, 11) is 0. The lowest BCUT2D eigenvalue weighted by Gasteiger charge is -2.30. The zero-order valence-corrected chi connectivity index (χ0v) is 14.3. The summed E-state index contributed by atoms with van der Waals surface area (Å²) in [4.78, 5) is 13.2. The quantitative estimate of drug-likeness (QED) is 0.546. The molecule has 0 radical (unpaired) electrons. The van der Waals surface area contributed by atoms with Gasteiger partial charge in [-0.15, -0.1) is 0 Å². The smallest absolute Gasteiger partial charge is 0.283 e. The molecular formula is C16H23BrN2O2. The molecule has 0 atom stereocenters. The van der Waals surface area contributed by atoms with E-state index in [-0.39, 0.29) is 10.6 Å². The van der Waals surface area contributed by atoms with Crippen LogP contribution in [0.2, 0.25) is 0 Å². The molecule has 1 aromatic rings. The van der Waals surface area contributed by atoms with Crippen LogP contribution in [0.3, 0.4) is 0 Å². The standard InChI is InChI=1S/C16H23BrN2O2/c1-12(2)10-18(14-5-3-4-6-14)11-13-7-8-15(17)16(9-13)19(20)21/h7-9,12,14H,3-6,10-11H2,1-2H3. The molecule has 5 heteroatoms. The van der Waals surface area contributed by atoms with Crippen molar-refractivity contribution in [2.45, 2.75) is 52.1 Å². The van der Waals surface area contributed by atoms with Gasteiger partial charge in [-0.2, -0.15) is 0 Å². The number of nitro benzene ring substituents is 1. The van der Waals surface area contributed by atoms with E-state index in [2.05, 4.69) is 34.7 Å². The number of benzene rings is 1. The van der Waals surface area contributed by atoms with Crippen LogP contribution in [-0.2, 0) is 6.54 Å². The first kappa shape index (κ1) is 16.4. The van der Waals surface area contributed by atoms with Crippen molar-refractivity contribution in [2.24, 2.45) is 5.92 Å². The van der Waals surface area contributed by atoms with Crippen LogP contribution >= 0.6 is 15.9 Å². The molecule has 21 heavy (non-hydrogen) atoms. The zero-order valence-electron chi connectivity index (χ0n) is 12.7. The fraction of sp³-hybridized carbons (Fsp3) is 0.625. The minimum Gasteiger partial charge on any atom is -0.296 e. The molecule has 1 aromatic carbocycles. The number of hydrogen-bond acceptors (Lipinski definition) is 3. The topological polar surface area (TPSA) is 46.4 Å². The Bertz CT molecular complexity index is 499. The maximum atomic E-state index is 11.1. The predicted molar refractivity (Wildman–Crippen MR) is 88.3 cm³/mol. The highest BCUT2D eigenvalue weighted by Crippen LogP contribution is 2.29. The van der Waals surface area contributed by atoms with Crippen LogP contribution in [-0.4, -0.2) is 22.4 Å². The van der Waals surface area contributed by atoms with Gasteiger partial charge in [-0.3, -0.25) is 15.0 Å². The van der Waals surface area contributed by atoms with E-state index in [0.29, 0.717) is 16.4 Å². The van der Waals surface area contributed by atoms with Crippen LogP contribution in [0.1, 0.15) is 45.1 Å². The molecule has 1 saturated carbocycles. The maximum absolute atomic E-state index is 11.1. The van der Waals surface area contributed by atoms with E-state index in [0.717, 1.165) is 18.7 Å². The highest BCUT2D eigenvalue weighted by molar-refractivity contribution is 9.10. The monoisotopic (exact) mass is 354 g/mol. The Hall–Kier alpha value is -0.940. The molecule has 0 bridgehead atoms.